The molecule has 0 aromatic rings. The van der Waals surface area contributed by atoms with Gasteiger partial charge in [-0.05, 0) is 19.8 Å². The van der Waals surface area contributed by atoms with Crippen LogP contribution in [0.4, 0.5) is 4.79 Å². The zero-order valence-electron chi connectivity index (χ0n) is 10.6. The van der Waals surface area contributed by atoms with Crippen molar-refractivity contribution in [3.05, 3.63) is 0 Å². The van der Waals surface area contributed by atoms with Gasteiger partial charge in [-0.15, -0.1) is 0 Å². The molecular formula is C9H18N4O5S. The first kappa shape index (κ1) is 15.5. The lowest BCUT2D eigenvalue weighted by Crippen LogP contribution is -2.49. The van der Waals surface area contributed by atoms with Crippen LogP contribution < -0.4 is 10.5 Å². The molecule has 1 rings (SSSR count). The monoisotopic (exact) mass is 294 g/mol. The predicted octanol–water partition coefficient (Wildman–Crippen LogP) is -0.564. The zero-order valence-corrected chi connectivity index (χ0v) is 11.4. The molecule has 4 N–H and O–H groups in total. The Bertz CT molecular complexity index is 450. The van der Waals surface area contributed by atoms with E-state index in [2.05, 4.69) is 9.89 Å². The third kappa shape index (κ3) is 4.24. The molecule has 0 aromatic heterocycles. The highest BCUT2D eigenvalue weighted by Crippen LogP contribution is 2.18. The van der Waals surface area contributed by atoms with Crippen LogP contribution in [-0.2, 0) is 14.9 Å². The lowest BCUT2D eigenvalue weighted by molar-refractivity contribution is 0.157. The fourth-order valence-electron chi connectivity index (χ4n) is 1.81. The summed E-state index contributed by atoms with van der Waals surface area (Å²) in [5, 5.41) is 11.5. The fourth-order valence-corrected chi connectivity index (χ4v) is 2.96. The van der Waals surface area contributed by atoms with Crippen molar-refractivity contribution in [1.29, 1.82) is 0 Å². The third-order valence-electron chi connectivity index (χ3n) is 2.75. The van der Waals surface area contributed by atoms with Gasteiger partial charge in [0.25, 0.3) is 0 Å². The molecule has 1 amide bonds. The van der Waals surface area contributed by atoms with Gasteiger partial charge in [0, 0.05) is 19.0 Å². The first-order chi connectivity index (χ1) is 8.90. The summed E-state index contributed by atoms with van der Waals surface area (Å²) in [4.78, 5) is 11.1. The van der Waals surface area contributed by atoms with Gasteiger partial charge in [-0.3, -0.25) is 0 Å². The van der Waals surface area contributed by atoms with E-state index in [1.165, 1.54) is 0 Å². The average Bonchev–Trinajstić information content (AvgIpc) is 2.37. The van der Waals surface area contributed by atoms with Crippen LogP contribution in [0, 0.1) is 5.92 Å². The van der Waals surface area contributed by atoms with E-state index in [9.17, 15) is 13.2 Å². The summed E-state index contributed by atoms with van der Waals surface area (Å²) in [6.07, 6.45) is 0.166. The molecule has 1 heterocycles. The molecule has 0 bridgehead atoms. The number of amides is 1. The van der Waals surface area contributed by atoms with E-state index in [0.717, 1.165) is 4.31 Å². The van der Waals surface area contributed by atoms with Crippen LogP contribution >= 0.6 is 0 Å². The van der Waals surface area contributed by atoms with Crippen molar-refractivity contribution in [1.82, 2.24) is 9.03 Å². The number of hydrogen-bond donors (Lipinski definition) is 3. The number of amidine groups is 1. The second-order valence-corrected chi connectivity index (χ2v) is 5.72. The van der Waals surface area contributed by atoms with Gasteiger partial charge < -0.3 is 15.7 Å². The number of carbonyl (C=O) groups is 1. The fraction of sp³-hybridized carbons (Fsp3) is 0.778. The molecule has 0 aliphatic carbocycles. The molecule has 1 aliphatic rings. The Morgan fingerprint density at radius 2 is 2.32 bits per heavy atom. The number of hydrogen-bond acceptors (Lipinski definition) is 6. The SMILES string of the molecule is CCOC(=O)NS(=O)(=O)N1CCCC(C(N)=NO)C1. The molecule has 9 nitrogen and oxygen atoms in total. The smallest absolute Gasteiger partial charge is 0.421 e. The van der Waals surface area contributed by atoms with Gasteiger partial charge in [-0.1, -0.05) is 5.16 Å². The Hall–Kier alpha value is -1.55. The summed E-state index contributed by atoms with van der Waals surface area (Å²) in [7, 11) is -3.96. The normalized spacial score (nSPS) is 21.9. The van der Waals surface area contributed by atoms with Crippen LogP contribution in [0.15, 0.2) is 5.16 Å². The van der Waals surface area contributed by atoms with Gasteiger partial charge in [0.2, 0.25) is 0 Å². The van der Waals surface area contributed by atoms with Crippen molar-refractivity contribution in [2.24, 2.45) is 16.8 Å². The van der Waals surface area contributed by atoms with E-state index in [4.69, 9.17) is 10.9 Å². The van der Waals surface area contributed by atoms with Gasteiger partial charge >= 0.3 is 16.3 Å². The summed E-state index contributed by atoms with van der Waals surface area (Å²) < 4.78 is 31.2. The summed E-state index contributed by atoms with van der Waals surface area (Å²) >= 11 is 0. The number of carbonyl (C=O) groups excluding carboxylic acids is 1. The number of ether oxygens (including phenoxy) is 1. The van der Waals surface area contributed by atoms with Crippen molar-refractivity contribution in [2.45, 2.75) is 19.8 Å². The van der Waals surface area contributed by atoms with E-state index < -0.39 is 16.3 Å². The van der Waals surface area contributed by atoms with Crippen molar-refractivity contribution in [3.63, 3.8) is 0 Å². The molecule has 0 spiro atoms. The van der Waals surface area contributed by atoms with Crippen molar-refractivity contribution in [3.8, 4) is 0 Å². The van der Waals surface area contributed by atoms with Crippen LogP contribution in [0.5, 0.6) is 0 Å². The predicted molar refractivity (Wildman–Crippen MR) is 66.8 cm³/mol. The van der Waals surface area contributed by atoms with E-state index in [-0.39, 0.29) is 31.4 Å². The number of nitrogens with zero attached hydrogens (tertiary/aromatic N) is 2. The largest absolute Gasteiger partial charge is 0.449 e. The minimum absolute atomic E-state index is 0.0176. The Kier molecular flexibility index (Phi) is 5.36. The minimum Gasteiger partial charge on any atom is -0.449 e. The molecule has 1 atom stereocenters. The van der Waals surface area contributed by atoms with Gasteiger partial charge in [0.15, 0.2) is 0 Å². The van der Waals surface area contributed by atoms with Gasteiger partial charge in [-0.25, -0.2) is 9.52 Å². The summed E-state index contributed by atoms with van der Waals surface area (Å²) in [6.45, 7) is 1.98. The number of nitrogens with two attached hydrogens (primary N) is 1. The number of oxime groups is 1. The van der Waals surface area contributed by atoms with E-state index in [1.807, 2.05) is 0 Å². The maximum atomic E-state index is 11.9. The number of rotatable bonds is 4. The van der Waals surface area contributed by atoms with Crippen LogP contribution in [0.25, 0.3) is 0 Å². The second kappa shape index (κ2) is 6.57. The highest BCUT2D eigenvalue weighted by molar-refractivity contribution is 7.87. The maximum absolute atomic E-state index is 11.9. The highest BCUT2D eigenvalue weighted by atomic mass is 32.2. The first-order valence-electron chi connectivity index (χ1n) is 5.82. The van der Waals surface area contributed by atoms with Crippen LogP contribution in [0.1, 0.15) is 19.8 Å². The quantitative estimate of drug-likeness (QED) is 0.275. The maximum Gasteiger partial charge on any atom is 0.421 e. The molecule has 110 valence electrons. The Morgan fingerprint density at radius 1 is 1.63 bits per heavy atom. The Labute approximate surface area is 111 Å². The highest BCUT2D eigenvalue weighted by Gasteiger charge is 2.32. The number of nitrogens with one attached hydrogen (secondary N) is 1. The Balaban J connectivity index is 2.70. The summed E-state index contributed by atoms with van der Waals surface area (Å²) in [5.74, 6) is -0.381. The van der Waals surface area contributed by atoms with Crippen LogP contribution in [0.2, 0.25) is 0 Å². The molecule has 19 heavy (non-hydrogen) atoms. The molecule has 0 aromatic carbocycles. The molecule has 1 fully saturated rings. The van der Waals surface area contributed by atoms with E-state index >= 15 is 0 Å². The lowest BCUT2D eigenvalue weighted by Gasteiger charge is -2.30. The molecular weight excluding hydrogens is 276 g/mol. The van der Waals surface area contributed by atoms with Gasteiger partial charge in [-0.2, -0.15) is 12.7 Å². The standard InChI is InChI=1S/C9H18N4O5S/c1-2-18-9(14)12-19(16,17)13-5-3-4-7(6-13)8(10)11-15/h7,15H,2-6H2,1H3,(H2,10,11)(H,12,14). The van der Waals surface area contributed by atoms with Gasteiger partial charge in [0.05, 0.1) is 6.61 Å². The third-order valence-corrected chi connectivity index (χ3v) is 4.18. The van der Waals surface area contributed by atoms with Crippen molar-refractivity contribution < 1.29 is 23.2 Å². The summed E-state index contributed by atoms with van der Waals surface area (Å²) in [5.41, 5.74) is 5.47. The minimum atomic E-state index is -3.96. The van der Waals surface area contributed by atoms with Crippen LogP contribution in [0.3, 0.4) is 0 Å². The zero-order chi connectivity index (χ0) is 14.5. The van der Waals surface area contributed by atoms with E-state index in [0.29, 0.717) is 12.8 Å². The first-order valence-corrected chi connectivity index (χ1v) is 7.26. The molecule has 0 saturated carbocycles. The topological polar surface area (TPSA) is 134 Å². The van der Waals surface area contributed by atoms with E-state index in [1.54, 1.807) is 11.6 Å². The average molecular weight is 294 g/mol. The number of piperidine rings is 1. The molecule has 1 unspecified atom stereocenters. The molecule has 10 heteroatoms. The van der Waals surface area contributed by atoms with Crippen LogP contribution in [-0.4, -0.2) is 49.6 Å². The summed E-state index contributed by atoms with van der Waals surface area (Å²) in [6, 6.07) is 0. The molecule has 0 radical (unpaired) electrons. The molecule has 1 aliphatic heterocycles. The van der Waals surface area contributed by atoms with Gasteiger partial charge in [0.1, 0.15) is 5.84 Å². The van der Waals surface area contributed by atoms with Crippen molar-refractivity contribution >= 4 is 22.1 Å². The lowest BCUT2D eigenvalue weighted by atomic mass is 9.99. The second-order valence-electron chi connectivity index (χ2n) is 4.05. The Morgan fingerprint density at radius 3 is 2.89 bits per heavy atom. The molecule has 1 saturated heterocycles. The van der Waals surface area contributed by atoms with Crippen molar-refractivity contribution in [2.75, 3.05) is 19.7 Å².